The van der Waals surface area contributed by atoms with Gasteiger partial charge in [-0.15, -0.1) is 12.6 Å². The maximum absolute atomic E-state index is 13.0. The molecule has 3 heteroatoms. The van der Waals surface area contributed by atoms with Crippen LogP contribution in [0.25, 0.3) is 0 Å². The molecule has 1 nitrogen and oxygen atoms in total. The molecule has 0 amide bonds. The van der Waals surface area contributed by atoms with Gasteiger partial charge in [-0.2, -0.15) is 0 Å². The van der Waals surface area contributed by atoms with Gasteiger partial charge in [0.2, 0.25) is 0 Å². The van der Waals surface area contributed by atoms with Crippen LogP contribution < -0.4 is 4.74 Å². The fourth-order valence-electron chi connectivity index (χ4n) is 1.53. The fourth-order valence-corrected chi connectivity index (χ4v) is 1.73. The molecule has 88 valence electrons. The average Bonchev–Trinajstić information content (AvgIpc) is 2.32. The van der Waals surface area contributed by atoms with Crippen molar-refractivity contribution in [2.75, 3.05) is 0 Å². The first-order valence-corrected chi connectivity index (χ1v) is 5.77. The summed E-state index contributed by atoms with van der Waals surface area (Å²) in [4.78, 5) is 0.639. The molecular weight excluding hydrogens is 235 g/mol. The highest BCUT2D eigenvalue weighted by molar-refractivity contribution is 7.80. The number of hydrogen-bond donors (Lipinski definition) is 1. The van der Waals surface area contributed by atoms with E-state index >= 15 is 0 Å². The fraction of sp³-hybridized carbons (Fsp3) is 0.143. The number of thiol groups is 1. The van der Waals surface area contributed by atoms with Gasteiger partial charge < -0.3 is 4.74 Å². The maximum Gasteiger partial charge on any atom is 0.136 e. The molecule has 2 aromatic rings. The quantitative estimate of drug-likeness (QED) is 0.808. The summed E-state index contributed by atoms with van der Waals surface area (Å²) in [6.07, 6.45) is 0. The smallest absolute Gasteiger partial charge is 0.136 e. The summed E-state index contributed by atoms with van der Waals surface area (Å²) in [7, 11) is 0. The van der Waals surface area contributed by atoms with Gasteiger partial charge in [0, 0.05) is 11.0 Å². The molecule has 0 aromatic heterocycles. The number of ether oxygens (including phenoxy) is 1. The largest absolute Gasteiger partial charge is 0.488 e. The third-order valence-electron chi connectivity index (χ3n) is 2.57. The molecule has 0 aliphatic heterocycles. The van der Waals surface area contributed by atoms with Gasteiger partial charge in [-0.05, 0) is 30.2 Å². The lowest BCUT2D eigenvalue weighted by molar-refractivity contribution is 0.296. The first-order chi connectivity index (χ1) is 8.16. The van der Waals surface area contributed by atoms with Crippen LogP contribution in [0.3, 0.4) is 0 Å². The lowest BCUT2D eigenvalue weighted by atomic mass is 10.1. The van der Waals surface area contributed by atoms with Crippen molar-refractivity contribution in [2.24, 2.45) is 0 Å². The standard InChI is InChI=1S/C14H13FOS/c1-10-4-2-3-5-11(10)9-16-13-8-12(15)6-7-14(13)17/h2-8,17H,9H2,1H3. The second-order valence-corrected chi connectivity index (χ2v) is 4.31. The molecule has 0 radical (unpaired) electrons. The third-order valence-corrected chi connectivity index (χ3v) is 2.94. The van der Waals surface area contributed by atoms with Gasteiger partial charge in [0.25, 0.3) is 0 Å². The van der Waals surface area contributed by atoms with E-state index in [4.69, 9.17) is 4.74 Å². The van der Waals surface area contributed by atoms with E-state index in [0.29, 0.717) is 17.3 Å². The molecule has 17 heavy (non-hydrogen) atoms. The summed E-state index contributed by atoms with van der Waals surface area (Å²) in [6.45, 7) is 2.44. The Morgan fingerprint density at radius 2 is 1.94 bits per heavy atom. The Morgan fingerprint density at radius 3 is 2.71 bits per heavy atom. The van der Waals surface area contributed by atoms with E-state index in [1.165, 1.54) is 12.1 Å². The molecule has 0 atom stereocenters. The van der Waals surface area contributed by atoms with Crippen LogP contribution in [0.5, 0.6) is 5.75 Å². The molecule has 0 saturated carbocycles. The van der Waals surface area contributed by atoms with E-state index in [9.17, 15) is 4.39 Å². The normalized spacial score (nSPS) is 10.3. The van der Waals surface area contributed by atoms with Crippen molar-refractivity contribution < 1.29 is 9.13 Å². The van der Waals surface area contributed by atoms with Crippen LogP contribution in [0.2, 0.25) is 0 Å². The van der Waals surface area contributed by atoms with Crippen molar-refractivity contribution in [1.82, 2.24) is 0 Å². The highest BCUT2D eigenvalue weighted by Gasteiger charge is 2.03. The van der Waals surface area contributed by atoms with Gasteiger partial charge in [0.05, 0.1) is 0 Å². The minimum atomic E-state index is -0.317. The van der Waals surface area contributed by atoms with Crippen molar-refractivity contribution in [2.45, 2.75) is 18.4 Å². The number of hydrogen-bond acceptors (Lipinski definition) is 2. The van der Waals surface area contributed by atoms with Crippen LogP contribution in [-0.4, -0.2) is 0 Å². The van der Waals surface area contributed by atoms with Crippen LogP contribution in [0.1, 0.15) is 11.1 Å². The summed E-state index contributed by atoms with van der Waals surface area (Å²) in [6, 6.07) is 12.2. The lowest BCUT2D eigenvalue weighted by Gasteiger charge is -2.10. The number of rotatable bonds is 3. The molecule has 2 aromatic carbocycles. The minimum Gasteiger partial charge on any atom is -0.488 e. The Morgan fingerprint density at radius 1 is 1.18 bits per heavy atom. The van der Waals surface area contributed by atoms with E-state index < -0.39 is 0 Å². The second-order valence-electron chi connectivity index (χ2n) is 3.83. The van der Waals surface area contributed by atoms with E-state index in [2.05, 4.69) is 12.6 Å². The Bertz CT molecular complexity index is 525. The highest BCUT2D eigenvalue weighted by atomic mass is 32.1. The Labute approximate surface area is 106 Å². The van der Waals surface area contributed by atoms with Crippen molar-refractivity contribution >= 4 is 12.6 Å². The molecule has 0 aliphatic rings. The summed E-state index contributed by atoms with van der Waals surface area (Å²) in [5.41, 5.74) is 2.24. The monoisotopic (exact) mass is 248 g/mol. The Balaban J connectivity index is 2.12. The molecule has 2 rings (SSSR count). The molecule has 0 aliphatic carbocycles. The van der Waals surface area contributed by atoms with Gasteiger partial charge >= 0.3 is 0 Å². The molecule has 0 unspecified atom stereocenters. The first kappa shape index (κ1) is 12.0. The summed E-state index contributed by atoms with van der Waals surface area (Å²) < 4.78 is 18.6. The third kappa shape index (κ3) is 3.01. The van der Waals surface area contributed by atoms with Crippen molar-refractivity contribution in [3.05, 3.63) is 59.4 Å². The number of aryl methyl sites for hydroxylation is 1. The van der Waals surface area contributed by atoms with Crippen LogP contribution in [0, 0.1) is 12.7 Å². The van der Waals surface area contributed by atoms with E-state index in [-0.39, 0.29) is 5.82 Å². The van der Waals surface area contributed by atoms with Crippen LogP contribution in [0.15, 0.2) is 47.4 Å². The highest BCUT2D eigenvalue weighted by Crippen LogP contribution is 2.24. The van der Waals surface area contributed by atoms with Gasteiger partial charge in [-0.3, -0.25) is 0 Å². The predicted octanol–water partition coefficient (Wildman–Crippen LogP) is 4.00. The molecule has 0 heterocycles. The summed E-state index contributed by atoms with van der Waals surface area (Å²) >= 11 is 4.23. The zero-order valence-corrected chi connectivity index (χ0v) is 10.4. The predicted molar refractivity (Wildman–Crippen MR) is 69.2 cm³/mol. The number of halogens is 1. The van der Waals surface area contributed by atoms with Gasteiger partial charge in [-0.1, -0.05) is 24.3 Å². The molecule has 0 bridgehead atoms. The maximum atomic E-state index is 13.0. The molecule has 0 saturated heterocycles. The van der Waals surface area contributed by atoms with Gasteiger partial charge in [0.1, 0.15) is 18.2 Å². The Kier molecular flexibility index (Phi) is 3.69. The summed E-state index contributed by atoms with van der Waals surface area (Å²) in [5, 5.41) is 0. The van der Waals surface area contributed by atoms with Crippen molar-refractivity contribution in [3.63, 3.8) is 0 Å². The molecular formula is C14H13FOS. The van der Waals surface area contributed by atoms with Gasteiger partial charge in [0.15, 0.2) is 0 Å². The average molecular weight is 248 g/mol. The van der Waals surface area contributed by atoms with Crippen molar-refractivity contribution in [3.8, 4) is 5.75 Å². The minimum absolute atomic E-state index is 0.317. The molecule has 0 N–H and O–H groups in total. The number of benzene rings is 2. The lowest BCUT2D eigenvalue weighted by Crippen LogP contribution is -1.98. The van der Waals surface area contributed by atoms with E-state index in [1.54, 1.807) is 6.07 Å². The zero-order chi connectivity index (χ0) is 12.3. The first-order valence-electron chi connectivity index (χ1n) is 5.32. The molecule has 0 fully saturated rings. The van der Waals surface area contributed by atoms with E-state index in [1.807, 2.05) is 31.2 Å². The molecule has 0 spiro atoms. The van der Waals surface area contributed by atoms with Crippen LogP contribution in [0.4, 0.5) is 4.39 Å². The van der Waals surface area contributed by atoms with Crippen LogP contribution in [-0.2, 0) is 6.61 Å². The van der Waals surface area contributed by atoms with Crippen LogP contribution >= 0.6 is 12.6 Å². The van der Waals surface area contributed by atoms with Gasteiger partial charge in [-0.25, -0.2) is 4.39 Å². The topological polar surface area (TPSA) is 9.23 Å². The Hall–Kier alpha value is -1.48. The zero-order valence-electron chi connectivity index (χ0n) is 9.48. The SMILES string of the molecule is Cc1ccccc1COc1cc(F)ccc1S. The van der Waals surface area contributed by atoms with E-state index in [0.717, 1.165) is 11.1 Å². The summed E-state index contributed by atoms with van der Waals surface area (Å²) in [5.74, 6) is 0.152. The van der Waals surface area contributed by atoms with Crippen molar-refractivity contribution in [1.29, 1.82) is 0 Å². The second kappa shape index (κ2) is 5.23.